The van der Waals surface area contributed by atoms with E-state index in [0.29, 0.717) is 6.79 Å². The maximum absolute atomic E-state index is 5.99. The van der Waals surface area contributed by atoms with Crippen LogP contribution in [0.2, 0.25) is 0 Å². The van der Waals surface area contributed by atoms with Gasteiger partial charge in [0, 0.05) is 5.54 Å². The topological polar surface area (TPSA) is 44.5 Å². The minimum absolute atomic E-state index is 0.122. The number of benzene rings is 1. The Labute approximate surface area is 96.5 Å². The van der Waals surface area contributed by atoms with Crippen LogP contribution in [0.1, 0.15) is 31.4 Å². The molecule has 0 radical (unpaired) electrons. The predicted molar refractivity (Wildman–Crippen MR) is 63.9 cm³/mol. The summed E-state index contributed by atoms with van der Waals surface area (Å²) in [5.74, 6) is 1.71. The molecule has 1 aromatic carbocycles. The lowest BCUT2D eigenvalue weighted by molar-refractivity contribution is 0.174. The maximum Gasteiger partial charge on any atom is 0.231 e. The fourth-order valence-electron chi connectivity index (χ4n) is 1.81. The number of hydrogen-bond acceptors (Lipinski definition) is 3. The summed E-state index contributed by atoms with van der Waals surface area (Å²) in [5, 5.41) is 0. The van der Waals surface area contributed by atoms with Crippen LogP contribution in [0.3, 0.4) is 0 Å². The van der Waals surface area contributed by atoms with Crippen LogP contribution in [-0.4, -0.2) is 12.3 Å². The van der Waals surface area contributed by atoms with E-state index in [1.165, 1.54) is 11.1 Å². The lowest BCUT2D eigenvalue weighted by atomic mass is 9.94. The zero-order valence-corrected chi connectivity index (χ0v) is 10.2. The number of rotatable bonds is 3. The van der Waals surface area contributed by atoms with Crippen molar-refractivity contribution in [1.29, 1.82) is 0 Å². The van der Waals surface area contributed by atoms with Gasteiger partial charge in [-0.3, -0.25) is 0 Å². The van der Waals surface area contributed by atoms with Crippen LogP contribution in [0.4, 0.5) is 0 Å². The van der Waals surface area contributed by atoms with Crippen LogP contribution >= 0.6 is 0 Å². The van der Waals surface area contributed by atoms with Crippen molar-refractivity contribution in [1.82, 2.24) is 0 Å². The molecule has 3 nitrogen and oxygen atoms in total. The van der Waals surface area contributed by atoms with Crippen molar-refractivity contribution in [2.75, 3.05) is 6.79 Å². The minimum atomic E-state index is -0.122. The SMILES string of the molecule is Cc1cc2c(cc1CCC(C)(C)N)OCO2. The number of ether oxygens (including phenoxy) is 2. The normalized spacial score (nSPS) is 14.2. The summed E-state index contributed by atoms with van der Waals surface area (Å²) in [7, 11) is 0. The standard InChI is InChI=1S/C13H19NO2/c1-9-6-11-12(16-8-15-11)7-10(9)4-5-13(2,3)14/h6-7H,4-5,8,14H2,1-3H3. The summed E-state index contributed by atoms with van der Waals surface area (Å²) in [6.07, 6.45) is 1.94. The molecule has 0 bridgehead atoms. The number of aryl methyl sites for hydroxylation is 2. The Morgan fingerprint density at radius 3 is 2.50 bits per heavy atom. The third-order valence-corrected chi connectivity index (χ3v) is 2.87. The molecule has 0 aromatic heterocycles. The summed E-state index contributed by atoms with van der Waals surface area (Å²) < 4.78 is 10.7. The molecule has 1 aliphatic heterocycles. The molecule has 2 rings (SSSR count). The Bertz CT molecular complexity index is 394. The molecule has 3 heteroatoms. The van der Waals surface area contributed by atoms with E-state index in [1.54, 1.807) is 0 Å². The van der Waals surface area contributed by atoms with Crippen molar-refractivity contribution in [3.63, 3.8) is 0 Å². The summed E-state index contributed by atoms with van der Waals surface area (Å²) in [6.45, 7) is 6.53. The van der Waals surface area contributed by atoms with Crippen LogP contribution < -0.4 is 15.2 Å². The quantitative estimate of drug-likeness (QED) is 0.852. The first-order chi connectivity index (χ1) is 7.46. The molecule has 0 saturated heterocycles. The first-order valence-corrected chi connectivity index (χ1v) is 5.64. The second kappa shape index (κ2) is 3.98. The molecule has 88 valence electrons. The third-order valence-electron chi connectivity index (χ3n) is 2.87. The molecule has 0 atom stereocenters. The molecule has 1 aromatic rings. The number of nitrogens with two attached hydrogens (primary N) is 1. The van der Waals surface area contributed by atoms with Crippen LogP contribution in [0.5, 0.6) is 11.5 Å². The highest BCUT2D eigenvalue weighted by molar-refractivity contribution is 5.48. The molecule has 0 saturated carbocycles. The summed E-state index contributed by atoms with van der Waals surface area (Å²) in [6, 6.07) is 4.12. The van der Waals surface area contributed by atoms with E-state index >= 15 is 0 Å². The Balaban J connectivity index is 2.16. The van der Waals surface area contributed by atoms with Crippen molar-refractivity contribution in [3.8, 4) is 11.5 Å². The van der Waals surface area contributed by atoms with Crippen LogP contribution in [0.15, 0.2) is 12.1 Å². The summed E-state index contributed by atoms with van der Waals surface area (Å²) in [4.78, 5) is 0. The molecule has 0 unspecified atom stereocenters. The van der Waals surface area contributed by atoms with Crippen molar-refractivity contribution in [2.24, 2.45) is 5.73 Å². The van der Waals surface area contributed by atoms with Gasteiger partial charge in [0.05, 0.1) is 0 Å². The summed E-state index contributed by atoms with van der Waals surface area (Å²) in [5.41, 5.74) is 8.41. The zero-order chi connectivity index (χ0) is 11.8. The van der Waals surface area contributed by atoms with E-state index in [9.17, 15) is 0 Å². The molecular weight excluding hydrogens is 202 g/mol. The largest absolute Gasteiger partial charge is 0.454 e. The van der Waals surface area contributed by atoms with Gasteiger partial charge in [0.15, 0.2) is 11.5 Å². The van der Waals surface area contributed by atoms with Gasteiger partial charge in [0.25, 0.3) is 0 Å². The smallest absolute Gasteiger partial charge is 0.231 e. The van der Waals surface area contributed by atoms with Gasteiger partial charge in [0.1, 0.15) is 0 Å². The van der Waals surface area contributed by atoms with E-state index in [1.807, 2.05) is 6.07 Å². The lowest BCUT2D eigenvalue weighted by Gasteiger charge is -2.18. The van der Waals surface area contributed by atoms with Gasteiger partial charge in [-0.15, -0.1) is 0 Å². The van der Waals surface area contributed by atoms with Gasteiger partial charge < -0.3 is 15.2 Å². The number of fused-ring (bicyclic) bond motifs is 1. The molecule has 16 heavy (non-hydrogen) atoms. The van der Waals surface area contributed by atoms with E-state index < -0.39 is 0 Å². The molecule has 1 heterocycles. The van der Waals surface area contributed by atoms with Gasteiger partial charge in [-0.05, 0) is 56.9 Å². The van der Waals surface area contributed by atoms with E-state index in [-0.39, 0.29) is 5.54 Å². The van der Waals surface area contributed by atoms with Gasteiger partial charge in [-0.1, -0.05) is 0 Å². The summed E-state index contributed by atoms with van der Waals surface area (Å²) >= 11 is 0. The molecule has 0 spiro atoms. The average Bonchev–Trinajstić information content (AvgIpc) is 2.59. The fourth-order valence-corrected chi connectivity index (χ4v) is 1.81. The second-order valence-corrected chi connectivity index (χ2v) is 5.12. The zero-order valence-electron chi connectivity index (χ0n) is 10.2. The van der Waals surface area contributed by atoms with Gasteiger partial charge in [-0.2, -0.15) is 0 Å². The average molecular weight is 221 g/mol. The van der Waals surface area contributed by atoms with Gasteiger partial charge in [0.2, 0.25) is 6.79 Å². The monoisotopic (exact) mass is 221 g/mol. The lowest BCUT2D eigenvalue weighted by Crippen LogP contribution is -2.32. The van der Waals surface area contributed by atoms with E-state index in [2.05, 4.69) is 26.8 Å². The first kappa shape index (κ1) is 11.3. The molecule has 0 fully saturated rings. The maximum atomic E-state index is 5.99. The third kappa shape index (κ3) is 2.47. The molecular formula is C13H19NO2. The molecule has 1 aliphatic rings. The Morgan fingerprint density at radius 1 is 1.25 bits per heavy atom. The minimum Gasteiger partial charge on any atom is -0.454 e. The van der Waals surface area contributed by atoms with Crippen LogP contribution in [-0.2, 0) is 6.42 Å². The Morgan fingerprint density at radius 2 is 1.88 bits per heavy atom. The fraction of sp³-hybridized carbons (Fsp3) is 0.538. The molecule has 0 amide bonds. The van der Waals surface area contributed by atoms with Crippen molar-refractivity contribution in [2.45, 2.75) is 39.2 Å². The van der Waals surface area contributed by atoms with E-state index in [4.69, 9.17) is 15.2 Å². The first-order valence-electron chi connectivity index (χ1n) is 5.64. The Hall–Kier alpha value is -1.22. The van der Waals surface area contributed by atoms with Crippen LogP contribution in [0, 0.1) is 6.92 Å². The van der Waals surface area contributed by atoms with Gasteiger partial charge in [-0.25, -0.2) is 0 Å². The predicted octanol–water partition coefficient (Wildman–Crippen LogP) is 2.39. The second-order valence-electron chi connectivity index (χ2n) is 5.12. The highest BCUT2D eigenvalue weighted by Crippen LogP contribution is 2.35. The highest BCUT2D eigenvalue weighted by atomic mass is 16.7. The number of hydrogen-bond donors (Lipinski definition) is 1. The Kier molecular flexibility index (Phi) is 2.80. The van der Waals surface area contributed by atoms with E-state index in [0.717, 1.165) is 24.3 Å². The molecule has 2 N–H and O–H groups in total. The van der Waals surface area contributed by atoms with Crippen molar-refractivity contribution >= 4 is 0 Å². The van der Waals surface area contributed by atoms with Gasteiger partial charge >= 0.3 is 0 Å². The molecule has 0 aliphatic carbocycles. The van der Waals surface area contributed by atoms with Crippen molar-refractivity contribution in [3.05, 3.63) is 23.3 Å². The highest BCUT2D eigenvalue weighted by Gasteiger charge is 2.17. The van der Waals surface area contributed by atoms with Crippen LogP contribution in [0.25, 0.3) is 0 Å². The van der Waals surface area contributed by atoms with Crippen molar-refractivity contribution < 1.29 is 9.47 Å².